The largest absolute Gasteiger partial charge is 0.252 e. The summed E-state index contributed by atoms with van der Waals surface area (Å²) < 4.78 is 1.19. The number of pyridine rings is 1. The molecule has 0 aliphatic carbocycles. The Kier molecular flexibility index (Phi) is 4.77. The van der Waals surface area contributed by atoms with Crippen LogP contribution in [0.2, 0.25) is 0 Å². The fourth-order valence-electron chi connectivity index (χ4n) is 4.01. The van der Waals surface area contributed by atoms with Crippen LogP contribution in [0.15, 0.2) is 10.5 Å². The molecule has 3 aromatic rings. The molecule has 0 unspecified atom stereocenters. The van der Waals surface area contributed by atoms with Gasteiger partial charge in [-0.15, -0.1) is 0 Å². The zero-order valence-corrected chi connectivity index (χ0v) is 19.0. The van der Waals surface area contributed by atoms with Crippen molar-refractivity contribution in [3.63, 3.8) is 0 Å². The summed E-state index contributed by atoms with van der Waals surface area (Å²) in [5, 5.41) is 2.69. The summed E-state index contributed by atoms with van der Waals surface area (Å²) in [6.45, 7) is 19.9. The fraction of sp³-hybridized carbons (Fsp3) is 0.375. The van der Waals surface area contributed by atoms with Crippen molar-refractivity contribution < 1.29 is 0 Å². The van der Waals surface area contributed by atoms with Crippen molar-refractivity contribution in [2.24, 2.45) is 0 Å². The zero-order chi connectivity index (χ0) is 19.5. The molecule has 1 aromatic heterocycles. The molecule has 0 fully saturated rings. The smallest absolute Gasteiger partial charge is 0.0789 e. The molecule has 26 heavy (non-hydrogen) atoms. The maximum absolute atomic E-state index is 5.10. The number of hydrogen-bond acceptors (Lipinski definition) is 1. The normalized spacial score (nSPS) is 11.5. The molecule has 1 nitrogen and oxygen atoms in total. The van der Waals surface area contributed by atoms with Crippen molar-refractivity contribution in [1.29, 1.82) is 0 Å². The highest BCUT2D eigenvalue weighted by atomic mass is 79.9. The molecule has 0 bridgehead atoms. The SMILES string of the molecule is Cc1cc(-c2nc(C)c(C)c3c(C)c(C)c(C)c(C)c23)c(C)c(Br)c1C. The molecule has 0 atom stereocenters. The lowest BCUT2D eigenvalue weighted by Crippen LogP contribution is -2.03. The van der Waals surface area contributed by atoms with E-state index in [2.05, 4.69) is 84.3 Å². The number of benzene rings is 2. The molecule has 0 saturated carbocycles. The van der Waals surface area contributed by atoms with Gasteiger partial charge in [-0.3, -0.25) is 4.98 Å². The Labute approximate surface area is 166 Å². The van der Waals surface area contributed by atoms with Crippen molar-refractivity contribution in [2.75, 3.05) is 0 Å². The van der Waals surface area contributed by atoms with Gasteiger partial charge >= 0.3 is 0 Å². The Morgan fingerprint density at radius 3 is 1.73 bits per heavy atom. The van der Waals surface area contributed by atoms with Crippen LogP contribution in [0.4, 0.5) is 0 Å². The minimum absolute atomic E-state index is 1.12. The van der Waals surface area contributed by atoms with Crippen LogP contribution in [0.5, 0.6) is 0 Å². The molecule has 0 aliphatic heterocycles. The number of nitrogens with zero attached hydrogens (tertiary/aromatic N) is 1. The highest BCUT2D eigenvalue weighted by molar-refractivity contribution is 9.10. The number of hydrogen-bond donors (Lipinski definition) is 0. The predicted molar refractivity (Wildman–Crippen MR) is 118 cm³/mol. The van der Waals surface area contributed by atoms with Gasteiger partial charge in [0.25, 0.3) is 0 Å². The van der Waals surface area contributed by atoms with Gasteiger partial charge in [0.2, 0.25) is 0 Å². The number of aryl methyl sites for hydroxylation is 5. The third-order valence-electron chi connectivity index (χ3n) is 6.39. The molecule has 0 amide bonds. The van der Waals surface area contributed by atoms with Gasteiger partial charge in [-0.2, -0.15) is 0 Å². The molecule has 0 N–H and O–H groups in total. The van der Waals surface area contributed by atoms with Gasteiger partial charge in [-0.25, -0.2) is 0 Å². The molecule has 2 heteroatoms. The van der Waals surface area contributed by atoms with Crippen LogP contribution in [-0.2, 0) is 0 Å². The summed E-state index contributed by atoms with van der Waals surface area (Å²) in [6.07, 6.45) is 0. The molecule has 3 rings (SSSR count). The van der Waals surface area contributed by atoms with Crippen LogP contribution in [0.1, 0.15) is 50.2 Å². The first-order valence-corrected chi connectivity index (χ1v) is 10.0. The molecule has 0 saturated heterocycles. The van der Waals surface area contributed by atoms with Gasteiger partial charge in [-0.1, -0.05) is 15.9 Å². The van der Waals surface area contributed by atoms with E-state index in [-0.39, 0.29) is 0 Å². The number of rotatable bonds is 1. The van der Waals surface area contributed by atoms with Crippen LogP contribution in [0.25, 0.3) is 22.0 Å². The van der Waals surface area contributed by atoms with Gasteiger partial charge in [0.05, 0.1) is 5.69 Å². The van der Waals surface area contributed by atoms with Crippen molar-refractivity contribution in [2.45, 2.75) is 62.3 Å². The van der Waals surface area contributed by atoms with Crippen LogP contribution in [0.3, 0.4) is 0 Å². The average molecular weight is 410 g/mol. The van der Waals surface area contributed by atoms with E-state index >= 15 is 0 Å². The Bertz CT molecular complexity index is 1070. The lowest BCUT2D eigenvalue weighted by atomic mass is 9.86. The molecule has 0 aliphatic rings. The van der Waals surface area contributed by atoms with Crippen LogP contribution in [-0.4, -0.2) is 4.98 Å². The van der Waals surface area contributed by atoms with E-state index in [0.29, 0.717) is 0 Å². The first-order chi connectivity index (χ1) is 12.1. The highest BCUT2D eigenvalue weighted by Crippen LogP contribution is 2.41. The molecule has 2 aromatic carbocycles. The first-order valence-electron chi connectivity index (χ1n) is 9.21. The average Bonchev–Trinajstić information content (AvgIpc) is 2.61. The van der Waals surface area contributed by atoms with E-state index in [9.17, 15) is 0 Å². The van der Waals surface area contributed by atoms with Crippen molar-refractivity contribution in [3.05, 3.63) is 60.7 Å². The fourth-order valence-corrected chi connectivity index (χ4v) is 4.54. The minimum atomic E-state index is 1.12. The summed E-state index contributed by atoms with van der Waals surface area (Å²) in [4.78, 5) is 5.10. The van der Waals surface area contributed by atoms with Gasteiger partial charge in [0, 0.05) is 21.1 Å². The summed E-state index contributed by atoms with van der Waals surface area (Å²) >= 11 is 3.81. The number of halogens is 1. The molecule has 0 spiro atoms. The molecular formula is C24H28BrN. The number of fused-ring (bicyclic) bond motifs is 1. The summed E-state index contributed by atoms with van der Waals surface area (Å²) in [5.41, 5.74) is 14.1. The van der Waals surface area contributed by atoms with E-state index in [4.69, 9.17) is 4.98 Å². The van der Waals surface area contributed by atoms with Gasteiger partial charge < -0.3 is 0 Å². The van der Waals surface area contributed by atoms with E-state index < -0.39 is 0 Å². The third-order valence-corrected chi connectivity index (χ3v) is 7.58. The van der Waals surface area contributed by atoms with E-state index in [1.807, 2.05) is 0 Å². The molecular weight excluding hydrogens is 382 g/mol. The van der Waals surface area contributed by atoms with Crippen LogP contribution >= 0.6 is 15.9 Å². The summed E-state index contributed by atoms with van der Waals surface area (Å²) in [6, 6.07) is 2.30. The van der Waals surface area contributed by atoms with Crippen LogP contribution < -0.4 is 0 Å². The quantitative estimate of drug-likeness (QED) is 0.406. The van der Waals surface area contributed by atoms with E-state index in [1.165, 1.54) is 65.3 Å². The Hall–Kier alpha value is -1.67. The van der Waals surface area contributed by atoms with E-state index in [1.54, 1.807) is 0 Å². The summed E-state index contributed by atoms with van der Waals surface area (Å²) in [5.74, 6) is 0. The molecule has 136 valence electrons. The highest BCUT2D eigenvalue weighted by Gasteiger charge is 2.20. The van der Waals surface area contributed by atoms with Gasteiger partial charge in [0.1, 0.15) is 0 Å². The minimum Gasteiger partial charge on any atom is -0.252 e. The van der Waals surface area contributed by atoms with E-state index in [0.717, 1.165) is 11.4 Å². The maximum Gasteiger partial charge on any atom is 0.0789 e. The molecule has 1 heterocycles. The Balaban J connectivity index is 2.60. The zero-order valence-electron chi connectivity index (χ0n) is 17.4. The lowest BCUT2D eigenvalue weighted by molar-refractivity contribution is 1.15. The second-order valence-electron chi connectivity index (χ2n) is 7.73. The maximum atomic E-state index is 5.10. The standard InChI is InChI=1S/C24H28BrN/c1-11-10-20(18(8)23(25)12(11)2)24-22-16(6)14(4)13(3)15(5)21(22)17(7)19(9)26-24/h10H,1-9H3. The second-order valence-corrected chi connectivity index (χ2v) is 8.52. The van der Waals surface area contributed by atoms with Crippen molar-refractivity contribution in [3.8, 4) is 11.3 Å². The Morgan fingerprint density at radius 1 is 0.615 bits per heavy atom. The number of aromatic nitrogens is 1. The topological polar surface area (TPSA) is 12.9 Å². The molecule has 0 radical (unpaired) electrons. The van der Waals surface area contributed by atoms with Gasteiger partial charge in [-0.05, 0) is 118 Å². The van der Waals surface area contributed by atoms with Crippen molar-refractivity contribution in [1.82, 2.24) is 4.98 Å². The lowest BCUT2D eigenvalue weighted by Gasteiger charge is -2.21. The van der Waals surface area contributed by atoms with Crippen LogP contribution in [0, 0.1) is 62.3 Å². The second kappa shape index (κ2) is 6.49. The monoisotopic (exact) mass is 409 g/mol. The first kappa shape index (κ1) is 19.1. The third kappa shape index (κ3) is 2.62. The van der Waals surface area contributed by atoms with Gasteiger partial charge in [0.15, 0.2) is 0 Å². The Morgan fingerprint density at radius 2 is 1.15 bits per heavy atom. The summed E-state index contributed by atoms with van der Waals surface area (Å²) in [7, 11) is 0. The van der Waals surface area contributed by atoms with Crippen molar-refractivity contribution >= 4 is 26.7 Å². The predicted octanol–water partition coefficient (Wildman–Crippen LogP) is 7.44.